The molecule has 21 heavy (non-hydrogen) atoms. The highest BCUT2D eigenvalue weighted by molar-refractivity contribution is 6.31. The SMILES string of the molecule is CCN(CC1CCCO1)c1cc(Cl)ccc1/C=C/C(=O)O. The van der Waals surface area contributed by atoms with Crippen molar-refractivity contribution in [2.75, 3.05) is 24.6 Å². The third-order valence-electron chi connectivity index (χ3n) is 3.57. The van der Waals surface area contributed by atoms with Crippen molar-refractivity contribution in [3.8, 4) is 0 Å². The molecule has 1 aliphatic heterocycles. The first-order valence-electron chi connectivity index (χ1n) is 7.17. The third-order valence-corrected chi connectivity index (χ3v) is 3.80. The molecule has 4 nitrogen and oxygen atoms in total. The number of carboxylic acids is 1. The van der Waals surface area contributed by atoms with Gasteiger partial charge in [0.05, 0.1) is 6.10 Å². The van der Waals surface area contributed by atoms with Crippen LogP contribution in [0.15, 0.2) is 24.3 Å². The number of hydrogen-bond acceptors (Lipinski definition) is 3. The maximum Gasteiger partial charge on any atom is 0.328 e. The molecule has 1 aromatic rings. The molecular formula is C16H20ClNO3. The lowest BCUT2D eigenvalue weighted by Crippen LogP contribution is -2.32. The van der Waals surface area contributed by atoms with Gasteiger partial charge in [-0.25, -0.2) is 4.79 Å². The van der Waals surface area contributed by atoms with Crippen molar-refractivity contribution in [3.63, 3.8) is 0 Å². The molecule has 0 saturated carbocycles. The average Bonchev–Trinajstić information content (AvgIpc) is 2.96. The number of aliphatic carboxylic acids is 1. The monoisotopic (exact) mass is 309 g/mol. The summed E-state index contributed by atoms with van der Waals surface area (Å²) in [6.45, 7) is 4.50. The van der Waals surface area contributed by atoms with E-state index in [9.17, 15) is 4.79 Å². The molecule has 1 fully saturated rings. The largest absolute Gasteiger partial charge is 0.478 e. The van der Waals surface area contributed by atoms with E-state index in [1.165, 1.54) is 0 Å². The van der Waals surface area contributed by atoms with E-state index in [0.29, 0.717) is 5.02 Å². The summed E-state index contributed by atoms with van der Waals surface area (Å²) in [5, 5.41) is 9.44. The maximum absolute atomic E-state index is 10.7. The summed E-state index contributed by atoms with van der Waals surface area (Å²) >= 11 is 6.10. The molecule has 1 saturated heterocycles. The number of anilines is 1. The predicted molar refractivity (Wildman–Crippen MR) is 85.0 cm³/mol. The van der Waals surface area contributed by atoms with Crippen LogP contribution in [0.5, 0.6) is 0 Å². The van der Waals surface area contributed by atoms with E-state index in [-0.39, 0.29) is 6.10 Å². The molecule has 0 aromatic heterocycles. The lowest BCUT2D eigenvalue weighted by molar-refractivity contribution is -0.131. The van der Waals surface area contributed by atoms with E-state index in [2.05, 4.69) is 11.8 Å². The van der Waals surface area contributed by atoms with Gasteiger partial charge in [-0.1, -0.05) is 17.7 Å². The van der Waals surface area contributed by atoms with Crippen LogP contribution in [0.3, 0.4) is 0 Å². The van der Waals surface area contributed by atoms with Crippen LogP contribution in [-0.2, 0) is 9.53 Å². The summed E-state index contributed by atoms with van der Waals surface area (Å²) in [5.41, 5.74) is 1.79. The minimum atomic E-state index is -0.960. The molecule has 114 valence electrons. The van der Waals surface area contributed by atoms with E-state index in [1.54, 1.807) is 12.1 Å². The van der Waals surface area contributed by atoms with E-state index in [0.717, 1.165) is 49.9 Å². The molecule has 0 bridgehead atoms. The van der Waals surface area contributed by atoms with Crippen LogP contribution in [0.1, 0.15) is 25.3 Å². The molecule has 1 atom stereocenters. The Morgan fingerprint density at radius 2 is 2.38 bits per heavy atom. The van der Waals surface area contributed by atoms with E-state index < -0.39 is 5.97 Å². The molecule has 2 rings (SSSR count). The van der Waals surface area contributed by atoms with E-state index in [4.69, 9.17) is 21.4 Å². The van der Waals surface area contributed by atoms with Crippen LogP contribution in [0.25, 0.3) is 6.08 Å². The number of rotatable bonds is 6. The number of ether oxygens (including phenoxy) is 1. The van der Waals surface area contributed by atoms with Gasteiger partial charge in [0.2, 0.25) is 0 Å². The van der Waals surface area contributed by atoms with Gasteiger partial charge in [0, 0.05) is 36.5 Å². The maximum atomic E-state index is 10.7. The molecule has 1 unspecified atom stereocenters. The standard InChI is InChI=1S/C16H20ClNO3/c1-2-18(11-14-4-3-9-21-14)15-10-13(17)7-5-12(15)6-8-16(19)20/h5-8,10,14H,2-4,9,11H2,1H3,(H,19,20)/b8-6+. The summed E-state index contributed by atoms with van der Waals surface area (Å²) in [6, 6.07) is 5.49. The number of nitrogens with zero attached hydrogens (tertiary/aromatic N) is 1. The highest BCUT2D eigenvalue weighted by Crippen LogP contribution is 2.27. The van der Waals surface area contributed by atoms with Crippen LogP contribution >= 0.6 is 11.6 Å². The molecular weight excluding hydrogens is 290 g/mol. The Bertz CT molecular complexity index is 524. The van der Waals surface area contributed by atoms with Gasteiger partial charge >= 0.3 is 5.97 Å². The van der Waals surface area contributed by atoms with Crippen molar-refractivity contribution >= 4 is 29.3 Å². The van der Waals surface area contributed by atoms with Crippen LogP contribution in [0, 0.1) is 0 Å². The van der Waals surface area contributed by atoms with Gasteiger partial charge in [-0.2, -0.15) is 0 Å². The summed E-state index contributed by atoms with van der Waals surface area (Å²) < 4.78 is 5.69. The first kappa shape index (κ1) is 15.9. The summed E-state index contributed by atoms with van der Waals surface area (Å²) in [7, 11) is 0. The zero-order valence-electron chi connectivity index (χ0n) is 12.1. The molecule has 0 radical (unpaired) electrons. The molecule has 0 amide bonds. The van der Waals surface area contributed by atoms with E-state index >= 15 is 0 Å². The molecule has 0 aliphatic carbocycles. The fourth-order valence-corrected chi connectivity index (χ4v) is 2.69. The molecule has 1 aliphatic rings. The van der Waals surface area contributed by atoms with Gasteiger partial charge in [-0.05, 0) is 43.5 Å². The van der Waals surface area contributed by atoms with Gasteiger partial charge in [-0.3, -0.25) is 0 Å². The second-order valence-corrected chi connectivity index (χ2v) is 5.48. The number of hydrogen-bond donors (Lipinski definition) is 1. The second kappa shape index (κ2) is 7.48. The third kappa shape index (κ3) is 4.48. The Hall–Kier alpha value is -1.52. The van der Waals surface area contributed by atoms with Crippen molar-refractivity contribution in [1.82, 2.24) is 0 Å². The smallest absolute Gasteiger partial charge is 0.328 e. The second-order valence-electron chi connectivity index (χ2n) is 5.05. The van der Waals surface area contributed by atoms with Gasteiger partial charge in [-0.15, -0.1) is 0 Å². The molecule has 5 heteroatoms. The van der Waals surface area contributed by atoms with Gasteiger partial charge in [0.25, 0.3) is 0 Å². The minimum absolute atomic E-state index is 0.236. The van der Waals surface area contributed by atoms with Crippen molar-refractivity contribution in [2.24, 2.45) is 0 Å². The summed E-state index contributed by atoms with van der Waals surface area (Å²) in [6.07, 6.45) is 5.15. The Kier molecular flexibility index (Phi) is 5.65. The lowest BCUT2D eigenvalue weighted by Gasteiger charge is -2.27. The minimum Gasteiger partial charge on any atom is -0.478 e. The molecule has 1 aromatic carbocycles. The normalized spacial score (nSPS) is 18.3. The Balaban J connectivity index is 2.24. The van der Waals surface area contributed by atoms with Gasteiger partial charge in [0.15, 0.2) is 0 Å². The first-order valence-corrected chi connectivity index (χ1v) is 7.55. The number of halogens is 1. The van der Waals surface area contributed by atoms with Gasteiger partial charge in [0.1, 0.15) is 0 Å². The van der Waals surface area contributed by atoms with Crippen molar-refractivity contribution in [1.29, 1.82) is 0 Å². The summed E-state index contributed by atoms with van der Waals surface area (Å²) in [5.74, 6) is -0.960. The molecule has 1 N–H and O–H groups in total. The van der Waals surface area contributed by atoms with Crippen LogP contribution in [0.2, 0.25) is 5.02 Å². The Morgan fingerprint density at radius 1 is 1.57 bits per heavy atom. The summed E-state index contributed by atoms with van der Waals surface area (Å²) in [4.78, 5) is 12.9. The predicted octanol–water partition coefficient (Wildman–Crippen LogP) is 3.44. The first-order chi connectivity index (χ1) is 10.1. The molecule has 0 spiro atoms. The Morgan fingerprint density at radius 3 is 3.00 bits per heavy atom. The zero-order chi connectivity index (χ0) is 15.2. The highest BCUT2D eigenvalue weighted by Gasteiger charge is 2.20. The lowest BCUT2D eigenvalue weighted by atomic mass is 10.1. The fourth-order valence-electron chi connectivity index (χ4n) is 2.52. The number of carbonyl (C=O) groups is 1. The van der Waals surface area contributed by atoms with Crippen LogP contribution < -0.4 is 4.90 Å². The van der Waals surface area contributed by atoms with Crippen molar-refractivity contribution in [3.05, 3.63) is 34.9 Å². The van der Waals surface area contributed by atoms with Crippen molar-refractivity contribution < 1.29 is 14.6 Å². The zero-order valence-corrected chi connectivity index (χ0v) is 12.8. The number of likely N-dealkylation sites (N-methyl/N-ethyl adjacent to an activating group) is 1. The topological polar surface area (TPSA) is 49.8 Å². The highest BCUT2D eigenvalue weighted by atomic mass is 35.5. The average molecular weight is 310 g/mol. The fraction of sp³-hybridized carbons (Fsp3) is 0.438. The number of carboxylic acid groups (broad SMARTS) is 1. The van der Waals surface area contributed by atoms with Crippen LogP contribution in [0.4, 0.5) is 5.69 Å². The van der Waals surface area contributed by atoms with Crippen molar-refractivity contribution in [2.45, 2.75) is 25.9 Å². The Labute approximate surface area is 130 Å². The quantitative estimate of drug-likeness (QED) is 0.818. The van der Waals surface area contributed by atoms with Gasteiger partial charge < -0.3 is 14.7 Å². The number of benzene rings is 1. The van der Waals surface area contributed by atoms with E-state index in [1.807, 2.05) is 12.1 Å². The van der Waals surface area contributed by atoms with Crippen LogP contribution in [-0.4, -0.2) is 36.9 Å². The molecule has 1 heterocycles.